The molecule has 2 rings (SSSR count). The summed E-state index contributed by atoms with van der Waals surface area (Å²) in [6.07, 6.45) is 0. The highest BCUT2D eigenvalue weighted by Crippen LogP contribution is 2.26. The Balaban J connectivity index is 1.98. The number of nitrogens with zero attached hydrogens (tertiary/aromatic N) is 3. The van der Waals surface area contributed by atoms with Crippen LogP contribution < -0.4 is 5.32 Å². The first-order valence-corrected chi connectivity index (χ1v) is 7.54. The van der Waals surface area contributed by atoms with E-state index in [-0.39, 0.29) is 17.5 Å². The van der Waals surface area contributed by atoms with Crippen LogP contribution in [0.15, 0.2) is 8.76 Å². The van der Waals surface area contributed by atoms with Crippen LogP contribution in [0.4, 0.5) is 5.88 Å². The molecule has 2 aromatic rings. The normalized spacial score (nSPS) is 10.3. The van der Waals surface area contributed by atoms with Gasteiger partial charge in [0.1, 0.15) is 22.4 Å². The van der Waals surface area contributed by atoms with E-state index in [0.717, 1.165) is 14.9 Å². The van der Waals surface area contributed by atoms with Crippen LogP contribution in [0.5, 0.6) is 0 Å². The van der Waals surface area contributed by atoms with Gasteiger partial charge in [0.2, 0.25) is 11.8 Å². The first-order chi connectivity index (χ1) is 9.51. The molecule has 104 valence electrons. The average Bonchev–Trinajstić information content (AvgIpc) is 2.92. The van der Waals surface area contributed by atoms with Crippen molar-refractivity contribution in [1.82, 2.24) is 10.2 Å². The molecule has 2 aromatic heterocycles. The van der Waals surface area contributed by atoms with Crippen LogP contribution in [0.1, 0.15) is 21.9 Å². The van der Waals surface area contributed by atoms with Crippen LogP contribution in [0, 0.1) is 32.1 Å². The monoisotopic (exact) mass is 308 g/mol. The topological polar surface area (TPSA) is 91.8 Å². The van der Waals surface area contributed by atoms with Gasteiger partial charge >= 0.3 is 0 Å². The number of amides is 1. The molecule has 0 aliphatic heterocycles. The van der Waals surface area contributed by atoms with E-state index in [1.165, 1.54) is 23.1 Å². The molecule has 0 unspecified atom stereocenters. The molecular weight excluding hydrogens is 296 g/mol. The van der Waals surface area contributed by atoms with Crippen molar-refractivity contribution in [3.63, 3.8) is 0 Å². The molecule has 0 aliphatic rings. The van der Waals surface area contributed by atoms with Gasteiger partial charge in [-0.15, -0.1) is 10.2 Å². The molecule has 0 aliphatic carbocycles. The van der Waals surface area contributed by atoms with E-state index in [4.69, 9.17) is 9.68 Å². The minimum Gasteiger partial charge on any atom is -0.444 e. The van der Waals surface area contributed by atoms with E-state index >= 15 is 0 Å². The molecule has 1 amide bonds. The number of furan rings is 1. The smallest absolute Gasteiger partial charge is 0.237 e. The van der Waals surface area contributed by atoms with Gasteiger partial charge in [-0.3, -0.25) is 10.1 Å². The number of hydrogen-bond acceptors (Lipinski definition) is 7. The van der Waals surface area contributed by atoms with Gasteiger partial charge in [-0.1, -0.05) is 23.1 Å². The fourth-order valence-electron chi connectivity index (χ4n) is 1.48. The molecule has 0 fully saturated rings. The Morgan fingerprint density at radius 1 is 1.45 bits per heavy atom. The number of carbonyl (C=O) groups is 1. The van der Waals surface area contributed by atoms with E-state index < -0.39 is 0 Å². The summed E-state index contributed by atoms with van der Waals surface area (Å²) >= 11 is 2.74. The summed E-state index contributed by atoms with van der Waals surface area (Å²) in [6, 6.07) is 2.03. The molecule has 2 heterocycles. The van der Waals surface area contributed by atoms with Gasteiger partial charge in [0.25, 0.3) is 0 Å². The number of anilines is 1. The second kappa shape index (κ2) is 6.07. The van der Waals surface area contributed by atoms with Crippen molar-refractivity contribution in [3.8, 4) is 6.07 Å². The lowest BCUT2D eigenvalue weighted by Gasteiger charge is -2.00. The third-order valence-corrected chi connectivity index (χ3v) is 4.56. The second-order valence-electron chi connectivity index (χ2n) is 4.02. The van der Waals surface area contributed by atoms with Crippen LogP contribution in [0.2, 0.25) is 0 Å². The number of thioether (sulfide) groups is 1. The van der Waals surface area contributed by atoms with Crippen molar-refractivity contribution in [2.24, 2.45) is 0 Å². The summed E-state index contributed by atoms with van der Waals surface area (Å²) < 4.78 is 6.11. The summed E-state index contributed by atoms with van der Waals surface area (Å²) in [4.78, 5) is 11.8. The largest absolute Gasteiger partial charge is 0.444 e. The number of aromatic nitrogens is 2. The van der Waals surface area contributed by atoms with Crippen molar-refractivity contribution in [2.45, 2.75) is 25.1 Å². The van der Waals surface area contributed by atoms with Gasteiger partial charge in [0.15, 0.2) is 4.34 Å². The standard InChI is InChI=1S/C12H12N4O2S2/c1-6-7(2)18-11(9(6)4-13)14-10(17)5-19-12-16-15-8(3)20-12/h5H2,1-3H3,(H,14,17). The molecule has 20 heavy (non-hydrogen) atoms. The number of rotatable bonds is 4. The highest BCUT2D eigenvalue weighted by Gasteiger charge is 2.16. The SMILES string of the molecule is Cc1nnc(SCC(=O)Nc2oc(C)c(C)c2C#N)s1. The molecule has 0 bridgehead atoms. The highest BCUT2D eigenvalue weighted by atomic mass is 32.2. The van der Waals surface area contributed by atoms with E-state index in [1.54, 1.807) is 13.8 Å². The van der Waals surface area contributed by atoms with Crippen LogP contribution >= 0.6 is 23.1 Å². The van der Waals surface area contributed by atoms with Gasteiger partial charge in [0, 0.05) is 5.56 Å². The zero-order chi connectivity index (χ0) is 14.7. The van der Waals surface area contributed by atoms with Gasteiger partial charge < -0.3 is 4.42 Å². The van der Waals surface area contributed by atoms with Crippen LogP contribution in [0.3, 0.4) is 0 Å². The molecule has 0 saturated carbocycles. The third kappa shape index (κ3) is 3.18. The number of aryl methyl sites for hydroxylation is 2. The molecular formula is C12H12N4O2S2. The Morgan fingerprint density at radius 2 is 2.20 bits per heavy atom. The van der Waals surface area contributed by atoms with Crippen molar-refractivity contribution in [3.05, 3.63) is 21.9 Å². The van der Waals surface area contributed by atoms with E-state index in [9.17, 15) is 4.79 Å². The first kappa shape index (κ1) is 14.6. The summed E-state index contributed by atoms with van der Waals surface area (Å²) in [5, 5.41) is 20.3. The Bertz CT molecular complexity index is 684. The lowest BCUT2D eigenvalue weighted by molar-refractivity contribution is -0.113. The predicted molar refractivity (Wildman–Crippen MR) is 76.9 cm³/mol. The Labute approximate surface area is 124 Å². The minimum atomic E-state index is -0.242. The highest BCUT2D eigenvalue weighted by molar-refractivity contribution is 8.01. The van der Waals surface area contributed by atoms with Gasteiger partial charge in [-0.25, -0.2) is 0 Å². The Morgan fingerprint density at radius 3 is 2.80 bits per heavy atom. The molecule has 6 nitrogen and oxygen atoms in total. The van der Waals surface area contributed by atoms with Crippen molar-refractivity contribution in [2.75, 3.05) is 11.1 Å². The van der Waals surface area contributed by atoms with Crippen molar-refractivity contribution < 1.29 is 9.21 Å². The molecule has 0 radical (unpaired) electrons. The zero-order valence-corrected chi connectivity index (χ0v) is 12.8. The lowest BCUT2D eigenvalue weighted by Crippen LogP contribution is -2.14. The quantitative estimate of drug-likeness (QED) is 0.873. The maximum atomic E-state index is 11.8. The molecule has 8 heteroatoms. The molecule has 0 aromatic carbocycles. The van der Waals surface area contributed by atoms with E-state index in [2.05, 4.69) is 15.5 Å². The van der Waals surface area contributed by atoms with E-state index in [1.807, 2.05) is 13.0 Å². The fraction of sp³-hybridized carbons (Fsp3) is 0.333. The maximum absolute atomic E-state index is 11.8. The summed E-state index contributed by atoms with van der Waals surface area (Å²) in [6.45, 7) is 5.39. The number of carbonyl (C=O) groups excluding carboxylic acids is 1. The molecule has 0 saturated heterocycles. The lowest BCUT2D eigenvalue weighted by atomic mass is 10.2. The number of hydrogen-bond donors (Lipinski definition) is 1. The van der Waals surface area contributed by atoms with E-state index in [0.29, 0.717) is 11.3 Å². The second-order valence-corrected chi connectivity index (χ2v) is 6.43. The molecule has 0 spiro atoms. The van der Waals surface area contributed by atoms with Crippen LogP contribution in [0.25, 0.3) is 0 Å². The van der Waals surface area contributed by atoms with Crippen LogP contribution in [-0.4, -0.2) is 21.9 Å². The Hall–Kier alpha value is -1.85. The summed E-state index contributed by atoms with van der Waals surface area (Å²) in [5.74, 6) is 0.789. The maximum Gasteiger partial charge on any atom is 0.237 e. The zero-order valence-electron chi connectivity index (χ0n) is 11.2. The van der Waals surface area contributed by atoms with Gasteiger partial charge in [-0.2, -0.15) is 5.26 Å². The summed E-state index contributed by atoms with van der Waals surface area (Å²) in [5.41, 5.74) is 1.11. The van der Waals surface area contributed by atoms with Crippen LogP contribution in [-0.2, 0) is 4.79 Å². The van der Waals surface area contributed by atoms with Gasteiger partial charge in [-0.05, 0) is 20.8 Å². The van der Waals surface area contributed by atoms with Crippen molar-refractivity contribution >= 4 is 34.9 Å². The fourth-order valence-corrected chi connectivity index (χ4v) is 3.09. The van der Waals surface area contributed by atoms with Crippen molar-refractivity contribution in [1.29, 1.82) is 5.26 Å². The predicted octanol–water partition coefficient (Wildman–Crippen LogP) is 2.66. The molecule has 0 atom stereocenters. The minimum absolute atomic E-state index is 0.193. The third-order valence-electron chi connectivity index (χ3n) is 2.58. The summed E-state index contributed by atoms with van der Waals surface area (Å²) in [7, 11) is 0. The van der Waals surface area contributed by atoms with Gasteiger partial charge in [0.05, 0.1) is 5.75 Å². The molecule has 1 N–H and O–H groups in total. The number of nitriles is 1. The first-order valence-electron chi connectivity index (χ1n) is 5.74. The average molecular weight is 308 g/mol. The Kier molecular flexibility index (Phi) is 4.42. The number of nitrogens with one attached hydrogen (secondary N) is 1.